The highest BCUT2D eigenvalue weighted by molar-refractivity contribution is 7.92. The van der Waals surface area contributed by atoms with Crippen LogP contribution in [0.25, 0.3) is 6.08 Å². The summed E-state index contributed by atoms with van der Waals surface area (Å²) in [6, 6.07) is 13.7. The SMILES string of the molecule is C[C@H](C(=O)Nc1cc(Cl)ccc1Cl)N1CCN(S(=O)(=O)/C=C/c2ccccc2)CC1. The third-order valence-electron chi connectivity index (χ3n) is 4.98. The lowest BCUT2D eigenvalue weighted by Crippen LogP contribution is -2.53. The molecule has 2 aromatic rings. The van der Waals surface area contributed by atoms with Crippen LogP contribution in [0, 0.1) is 0 Å². The monoisotopic (exact) mass is 467 g/mol. The summed E-state index contributed by atoms with van der Waals surface area (Å²) in [5.74, 6) is -0.223. The van der Waals surface area contributed by atoms with Crippen molar-refractivity contribution < 1.29 is 13.2 Å². The molecule has 9 heteroatoms. The summed E-state index contributed by atoms with van der Waals surface area (Å²) in [6.07, 6.45) is 1.59. The van der Waals surface area contributed by atoms with E-state index in [1.54, 1.807) is 31.2 Å². The highest BCUT2D eigenvalue weighted by Gasteiger charge is 2.30. The van der Waals surface area contributed by atoms with E-state index in [1.165, 1.54) is 9.71 Å². The van der Waals surface area contributed by atoms with Crippen molar-refractivity contribution in [2.45, 2.75) is 13.0 Å². The van der Waals surface area contributed by atoms with Gasteiger partial charge >= 0.3 is 0 Å². The van der Waals surface area contributed by atoms with Gasteiger partial charge < -0.3 is 5.32 Å². The fourth-order valence-electron chi connectivity index (χ4n) is 3.16. The molecule has 1 amide bonds. The zero-order valence-corrected chi connectivity index (χ0v) is 18.8. The van der Waals surface area contributed by atoms with Crippen LogP contribution in [0.3, 0.4) is 0 Å². The molecule has 2 aromatic carbocycles. The van der Waals surface area contributed by atoms with Crippen LogP contribution in [0.4, 0.5) is 5.69 Å². The molecule has 0 bridgehead atoms. The van der Waals surface area contributed by atoms with E-state index in [2.05, 4.69) is 5.32 Å². The number of sulfonamides is 1. The third kappa shape index (κ3) is 5.83. The van der Waals surface area contributed by atoms with Crippen molar-refractivity contribution in [3.8, 4) is 0 Å². The van der Waals surface area contributed by atoms with E-state index < -0.39 is 16.1 Å². The summed E-state index contributed by atoms with van der Waals surface area (Å²) in [5, 5.41) is 4.90. The van der Waals surface area contributed by atoms with Gasteiger partial charge in [-0.25, -0.2) is 8.42 Å². The van der Waals surface area contributed by atoms with E-state index in [1.807, 2.05) is 35.2 Å². The Morgan fingerprint density at radius 3 is 2.40 bits per heavy atom. The van der Waals surface area contributed by atoms with Gasteiger partial charge in [0.2, 0.25) is 15.9 Å². The van der Waals surface area contributed by atoms with Gasteiger partial charge in [-0.15, -0.1) is 0 Å². The quantitative estimate of drug-likeness (QED) is 0.698. The molecule has 1 heterocycles. The first-order valence-corrected chi connectivity index (χ1v) is 11.8. The molecule has 0 radical (unpaired) electrons. The Morgan fingerprint density at radius 1 is 1.07 bits per heavy atom. The molecular weight excluding hydrogens is 445 g/mol. The first kappa shape index (κ1) is 22.8. The van der Waals surface area contributed by atoms with Crippen LogP contribution in [-0.4, -0.2) is 55.8 Å². The maximum Gasteiger partial charge on any atom is 0.241 e. The van der Waals surface area contributed by atoms with E-state index in [-0.39, 0.29) is 5.91 Å². The van der Waals surface area contributed by atoms with Gasteiger partial charge in [-0.05, 0) is 36.8 Å². The Labute approximate surface area is 187 Å². The maximum atomic E-state index is 12.6. The molecule has 6 nitrogen and oxygen atoms in total. The molecule has 0 saturated carbocycles. The number of rotatable bonds is 6. The molecule has 0 spiro atoms. The first-order valence-electron chi connectivity index (χ1n) is 9.49. The number of benzene rings is 2. The van der Waals surface area contributed by atoms with Crippen LogP contribution in [0.15, 0.2) is 53.9 Å². The number of nitrogens with one attached hydrogen (secondary N) is 1. The fraction of sp³-hybridized carbons (Fsp3) is 0.286. The van der Waals surface area contributed by atoms with E-state index in [4.69, 9.17) is 23.2 Å². The standard InChI is InChI=1S/C21H23Cl2N3O3S/c1-16(21(27)24-20-15-18(22)7-8-19(20)23)25-10-12-26(13-11-25)30(28,29)14-9-17-5-3-2-4-6-17/h2-9,14-16H,10-13H2,1H3,(H,24,27)/b14-9+/t16-/m1/s1. The Bertz CT molecular complexity index is 1020. The minimum Gasteiger partial charge on any atom is -0.323 e. The molecule has 160 valence electrons. The molecule has 1 atom stereocenters. The van der Waals surface area contributed by atoms with E-state index in [9.17, 15) is 13.2 Å². The van der Waals surface area contributed by atoms with Crippen LogP contribution in [-0.2, 0) is 14.8 Å². The number of carbonyl (C=O) groups excluding carboxylic acids is 1. The van der Waals surface area contributed by atoms with Crippen LogP contribution in [0.2, 0.25) is 10.0 Å². The van der Waals surface area contributed by atoms with Crippen LogP contribution >= 0.6 is 23.2 Å². The predicted octanol–water partition coefficient (Wildman–Crippen LogP) is 3.94. The lowest BCUT2D eigenvalue weighted by atomic mass is 10.2. The van der Waals surface area contributed by atoms with Crippen molar-refractivity contribution in [3.63, 3.8) is 0 Å². The summed E-state index contributed by atoms with van der Waals surface area (Å²) in [5.41, 5.74) is 1.28. The normalized spacial score (nSPS) is 17.2. The Kier molecular flexibility index (Phi) is 7.55. The zero-order chi connectivity index (χ0) is 21.7. The summed E-state index contributed by atoms with van der Waals surface area (Å²) >= 11 is 12.1. The topological polar surface area (TPSA) is 69.7 Å². The van der Waals surface area contributed by atoms with Gasteiger partial charge in [-0.2, -0.15) is 4.31 Å². The van der Waals surface area contributed by atoms with Crippen molar-refractivity contribution in [1.82, 2.24) is 9.21 Å². The number of carbonyl (C=O) groups is 1. The second kappa shape index (κ2) is 9.94. The fourth-order valence-corrected chi connectivity index (χ4v) is 4.67. The number of halogens is 2. The molecule has 1 N–H and O–H groups in total. The number of hydrogen-bond acceptors (Lipinski definition) is 4. The largest absolute Gasteiger partial charge is 0.323 e. The van der Waals surface area contributed by atoms with Gasteiger partial charge in [-0.1, -0.05) is 53.5 Å². The Hall–Kier alpha value is -1.90. The van der Waals surface area contributed by atoms with E-state index in [0.717, 1.165) is 5.56 Å². The summed E-state index contributed by atoms with van der Waals surface area (Å²) in [7, 11) is -3.52. The highest BCUT2D eigenvalue weighted by atomic mass is 35.5. The highest BCUT2D eigenvalue weighted by Crippen LogP contribution is 2.26. The predicted molar refractivity (Wildman–Crippen MR) is 122 cm³/mol. The molecule has 0 aliphatic carbocycles. The minimum absolute atomic E-state index is 0.223. The average molecular weight is 468 g/mol. The smallest absolute Gasteiger partial charge is 0.241 e. The zero-order valence-electron chi connectivity index (χ0n) is 16.5. The maximum absolute atomic E-state index is 12.6. The van der Waals surface area contributed by atoms with E-state index in [0.29, 0.717) is 41.9 Å². The van der Waals surface area contributed by atoms with Gasteiger partial charge in [0, 0.05) is 36.6 Å². The number of hydrogen-bond donors (Lipinski definition) is 1. The molecule has 1 aliphatic rings. The number of piperazine rings is 1. The van der Waals surface area contributed by atoms with Crippen molar-refractivity contribution in [2.75, 3.05) is 31.5 Å². The first-order chi connectivity index (χ1) is 14.3. The average Bonchev–Trinajstić information content (AvgIpc) is 2.75. The third-order valence-corrected chi connectivity index (χ3v) is 7.11. The molecule has 1 saturated heterocycles. The number of nitrogens with zero attached hydrogens (tertiary/aromatic N) is 2. The summed E-state index contributed by atoms with van der Waals surface area (Å²) in [4.78, 5) is 14.6. The lowest BCUT2D eigenvalue weighted by Gasteiger charge is -2.36. The number of amides is 1. The van der Waals surface area contributed by atoms with Gasteiger partial charge in [0.1, 0.15) is 0 Å². The molecule has 0 aromatic heterocycles. The van der Waals surface area contributed by atoms with Crippen LogP contribution in [0.1, 0.15) is 12.5 Å². The molecule has 1 fully saturated rings. The molecular formula is C21H23Cl2N3O3S. The minimum atomic E-state index is -3.52. The Morgan fingerprint density at radius 2 is 1.73 bits per heavy atom. The van der Waals surface area contributed by atoms with Gasteiger partial charge in [0.15, 0.2) is 0 Å². The van der Waals surface area contributed by atoms with Crippen molar-refractivity contribution in [3.05, 3.63) is 69.5 Å². The van der Waals surface area contributed by atoms with Gasteiger partial charge in [-0.3, -0.25) is 9.69 Å². The van der Waals surface area contributed by atoms with E-state index >= 15 is 0 Å². The Balaban J connectivity index is 1.57. The van der Waals surface area contributed by atoms with Crippen molar-refractivity contribution >= 4 is 50.9 Å². The second-order valence-electron chi connectivity index (χ2n) is 6.98. The van der Waals surface area contributed by atoms with Crippen LogP contribution < -0.4 is 5.32 Å². The second-order valence-corrected chi connectivity index (χ2v) is 9.64. The van der Waals surface area contributed by atoms with Crippen molar-refractivity contribution in [1.29, 1.82) is 0 Å². The summed E-state index contributed by atoms with van der Waals surface area (Å²) < 4.78 is 26.6. The molecule has 30 heavy (non-hydrogen) atoms. The summed E-state index contributed by atoms with van der Waals surface area (Å²) in [6.45, 7) is 3.33. The van der Waals surface area contributed by atoms with Crippen molar-refractivity contribution in [2.24, 2.45) is 0 Å². The molecule has 1 aliphatic heterocycles. The van der Waals surface area contributed by atoms with Crippen LogP contribution in [0.5, 0.6) is 0 Å². The van der Waals surface area contributed by atoms with Gasteiger partial charge in [0.25, 0.3) is 0 Å². The van der Waals surface area contributed by atoms with Gasteiger partial charge in [0.05, 0.1) is 16.8 Å². The number of anilines is 1. The molecule has 0 unspecified atom stereocenters. The lowest BCUT2D eigenvalue weighted by molar-refractivity contribution is -0.121. The molecule has 3 rings (SSSR count).